The van der Waals surface area contributed by atoms with Crippen molar-refractivity contribution in [3.05, 3.63) is 58.8 Å². The molecular weight excluding hydrogens is 268 g/mol. The zero-order chi connectivity index (χ0) is 14.5. The third-order valence-corrected chi connectivity index (χ3v) is 3.31. The predicted octanol–water partition coefficient (Wildman–Crippen LogP) is 3.92. The van der Waals surface area contributed by atoms with Gasteiger partial charge in [-0.2, -0.15) is 0 Å². The van der Waals surface area contributed by atoms with Crippen LogP contribution in [0.15, 0.2) is 36.5 Å². The maximum Gasteiger partial charge on any atom is 0.262 e. The minimum atomic E-state index is 0.335. The molecule has 0 atom stereocenters. The minimum absolute atomic E-state index is 0.335. The number of nitrogens with zero attached hydrogens (tertiary/aromatic N) is 1. The van der Waals surface area contributed by atoms with Crippen LogP contribution in [0.5, 0.6) is 0 Å². The lowest BCUT2D eigenvalue weighted by Crippen LogP contribution is -2.14. The standard InChI is InChI=1S/C16H18N2OS/c1-11-6-7-17-15(8-11)18-16(20)19-10-14-5-4-12(2)13(3)9-14/h4-9H,10H2,1-3H3,(H,17,18,20). The second kappa shape index (κ2) is 6.48. The molecule has 3 nitrogen and oxygen atoms in total. The summed E-state index contributed by atoms with van der Waals surface area (Å²) in [6.45, 7) is 6.65. The van der Waals surface area contributed by atoms with E-state index in [0.717, 1.165) is 11.1 Å². The largest absolute Gasteiger partial charge is 0.466 e. The van der Waals surface area contributed by atoms with E-state index in [1.165, 1.54) is 11.1 Å². The summed E-state index contributed by atoms with van der Waals surface area (Å²) in [6.07, 6.45) is 1.74. The van der Waals surface area contributed by atoms with Crippen molar-refractivity contribution in [3.63, 3.8) is 0 Å². The van der Waals surface area contributed by atoms with Gasteiger partial charge in [0, 0.05) is 6.20 Å². The quantitative estimate of drug-likeness (QED) is 0.867. The smallest absolute Gasteiger partial charge is 0.262 e. The van der Waals surface area contributed by atoms with Gasteiger partial charge in [-0.05, 0) is 67.4 Å². The van der Waals surface area contributed by atoms with Crippen LogP contribution in [0.3, 0.4) is 0 Å². The van der Waals surface area contributed by atoms with Gasteiger partial charge in [0.2, 0.25) is 0 Å². The number of thiocarbonyl (C=S) groups is 1. The minimum Gasteiger partial charge on any atom is -0.466 e. The van der Waals surface area contributed by atoms with Gasteiger partial charge in [0.25, 0.3) is 5.17 Å². The second-order valence-electron chi connectivity index (χ2n) is 4.84. The molecule has 0 amide bonds. The fourth-order valence-corrected chi connectivity index (χ4v) is 1.95. The molecule has 0 bridgehead atoms. The summed E-state index contributed by atoms with van der Waals surface area (Å²) in [6, 6.07) is 10.1. The van der Waals surface area contributed by atoms with E-state index < -0.39 is 0 Å². The van der Waals surface area contributed by atoms with Crippen LogP contribution in [0, 0.1) is 20.8 Å². The Morgan fingerprint density at radius 1 is 1.15 bits per heavy atom. The van der Waals surface area contributed by atoms with Gasteiger partial charge in [0.05, 0.1) is 0 Å². The fourth-order valence-electron chi connectivity index (χ4n) is 1.79. The molecule has 0 unspecified atom stereocenters. The molecule has 2 rings (SSSR count). The molecule has 0 saturated carbocycles. The van der Waals surface area contributed by atoms with Crippen LogP contribution < -0.4 is 5.32 Å². The molecule has 4 heteroatoms. The molecule has 0 aliphatic heterocycles. The van der Waals surface area contributed by atoms with Gasteiger partial charge >= 0.3 is 0 Å². The van der Waals surface area contributed by atoms with Crippen molar-refractivity contribution in [1.29, 1.82) is 0 Å². The summed E-state index contributed by atoms with van der Waals surface area (Å²) in [7, 11) is 0. The molecule has 1 aromatic carbocycles. The Hall–Kier alpha value is -1.94. The first-order valence-electron chi connectivity index (χ1n) is 6.47. The molecule has 104 valence electrons. The highest BCUT2D eigenvalue weighted by atomic mass is 32.1. The summed E-state index contributed by atoms with van der Waals surface area (Å²) in [5, 5.41) is 3.31. The van der Waals surface area contributed by atoms with Crippen LogP contribution in [-0.2, 0) is 11.3 Å². The monoisotopic (exact) mass is 286 g/mol. The van der Waals surface area contributed by atoms with Gasteiger partial charge in [0.1, 0.15) is 12.4 Å². The Balaban J connectivity index is 1.90. The molecule has 0 aliphatic carbocycles. The van der Waals surface area contributed by atoms with E-state index in [2.05, 4.69) is 42.3 Å². The summed E-state index contributed by atoms with van der Waals surface area (Å²) in [5.74, 6) is 0.704. The number of anilines is 1. The maximum atomic E-state index is 5.55. The fraction of sp³-hybridized carbons (Fsp3) is 0.250. The number of nitrogens with one attached hydrogen (secondary N) is 1. The molecule has 2 aromatic rings. The Morgan fingerprint density at radius 3 is 2.65 bits per heavy atom. The lowest BCUT2D eigenvalue weighted by molar-refractivity contribution is 0.300. The van der Waals surface area contributed by atoms with Gasteiger partial charge < -0.3 is 10.1 Å². The van der Waals surface area contributed by atoms with Crippen LogP contribution in [0.1, 0.15) is 22.3 Å². The maximum absolute atomic E-state index is 5.55. The van der Waals surface area contributed by atoms with Crippen LogP contribution in [0.2, 0.25) is 0 Å². The number of benzene rings is 1. The first kappa shape index (κ1) is 14.5. The van der Waals surface area contributed by atoms with E-state index in [1.54, 1.807) is 6.20 Å². The van der Waals surface area contributed by atoms with Crippen molar-refractivity contribution in [2.45, 2.75) is 27.4 Å². The molecule has 0 aliphatic rings. The average molecular weight is 286 g/mol. The van der Waals surface area contributed by atoms with Gasteiger partial charge in [-0.3, -0.25) is 0 Å². The van der Waals surface area contributed by atoms with E-state index in [0.29, 0.717) is 17.6 Å². The van der Waals surface area contributed by atoms with Crippen molar-refractivity contribution in [2.24, 2.45) is 0 Å². The molecule has 1 heterocycles. The van der Waals surface area contributed by atoms with E-state index in [4.69, 9.17) is 17.0 Å². The Labute approximate surface area is 125 Å². The third-order valence-electron chi connectivity index (χ3n) is 3.09. The summed E-state index contributed by atoms with van der Waals surface area (Å²) < 4.78 is 5.55. The number of rotatable bonds is 3. The third kappa shape index (κ3) is 4.03. The highest BCUT2D eigenvalue weighted by Gasteiger charge is 2.02. The highest BCUT2D eigenvalue weighted by Crippen LogP contribution is 2.11. The number of pyridine rings is 1. The topological polar surface area (TPSA) is 34.2 Å². The molecule has 0 fully saturated rings. The van der Waals surface area contributed by atoms with Gasteiger partial charge in [-0.15, -0.1) is 0 Å². The molecular formula is C16H18N2OS. The zero-order valence-electron chi connectivity index (χ0n) is 11.9. The van der Waals surface area contributed by atoms with Crippen LogP contribution in [-0.4, -0.2) is 10.2 Å². The number of aromatic nitrogens is 1. The number of ether oxygens (including phenoxy) is 1. The van der Waals surface area contributed by atoms with Gasteiger partial charge in [-0.1, -0.05) is 18.2 Å². The van der Waals surface area contributed by atoms with Crippen molar-refractivity contribution >= 4 is 23.2 Å². The van der Waals surface area contributed by atoms with Gasteiger partial charge in [0.15, 0.2) is 0 Å². The second-order valence-corrected chi connectivity index (χ2v) is 5.21. The summed E-state index contributed by atoms with van der Waals surface area (Å²) in [4.78, 5) is 4.18. The van der Waals surface area contributed by atoms with Crippen LogP contribution in [0.25, 0.3) is 0 Å². The van der Waals surface area contributed by atoms with Gasteiger partial charge in [-0.25, -0.2) is 4.98 Å². The lowest BCUT2D eigenvalue weighted by Gasteiger charge is -2.10. The molecule has 0 radical (unpaired) electrons. The molecule has 20 heavy (non-hydrogen) atoms. The SMILES string of the molecule is Cc1ccnc(NC(=S)OCc2ccc(C)c(C)c2)c1. The lowest BCUT2D eigenvalue weighted by atomic mass is 10.1. The van der Waals surface area contributed by atoms with Crippen molar-refractivity contribution in [2.75, 3.05) is 5.32 Å². The van der Waals surface area contributed by atoms with Crippen molar-refractivity contribution in [3.8, 4) is 0 Å². The first-order valence-corrected chi connectivity index (χ1v) is 6.88. The molecule has 0 spiro atoms. The van der Waals surface area contributed by atoms with E-state index in [1.807, 2.05) is 19.1 Å². The molecule has 1 N–H and O–H groups in total. The average Bonchev–Trinajstić information content (AvgIpc) is 2.40. The Morgan fingerprint density at radius 2 is 1.95 bits per heavy atom. The first-order chi connectivity index (χ1) is 9.54. The normalized spacial score (nSPS) is 10.2. The summed E-state index contributed by atoms with van der Waals surface area (Å²) in [5.41, 5.74) is 4.76. The summed E-state index contributed by atoms with van der Waals surface area (Å²) >= 11 is 5.16. The van der Waals surface area contributed by atoms with Crippen LogP contribution in [0.4, 0.5) is 5.82 Å². The number of aryl methyl sites for hydroxylation is 3. The van der Waals surface area contributed by atoms with Crippen LogP contribution >= 0.6 is 12.2 Å². The molecule has 0 saturated heterocycles. The van der Waals surface area contributed by atoms with E-state index in [9.17, 15) is 0 Å². The number of hydrogen-bond acceptors (Lipinski definition) is 3. The predicted molar refractivity (Wildman–Crippen MR) is 85.9 cm³/mol. The Kier molecular flexibility index (Phi) is 4.69. The van der Waals surface area contributed by atoms with E-state index >= 15 is 0 Å². The van der Waals surface area contributed by atoms with Crippen molar-refractivity contribution < 1.29 is 4.74 Å². The van der Waals surface area contributed by atoms with Crippen molar-refractivity contribution in [1.82, 2.24) is 4.98 Å². The molecule has 1 aromatic heterocycles. The highest BCUT2D eigenvalue weighted by molar-refractivity contribution is 7.80. The Bertz CT molecular complexity index is 626. The number of hydrogen-bond donors (Lipinski definition) is 1. The zero-order valence-corrected chi connectivity index (χ0v) is 12.8. The van der Waals surface area contributed by atoms with E-state index in [-0.39, 0.29) is 0 Å².